The van der Waals surface area contributed by atoms with E-state index in [0.717, 1.165) is 12.1 Å². The maximum absolute atomic E-state index is 14.6. The molecule has 0 bridgehead atoms. The number of carbonyl (C=O) groups is 1. The molecule has 0 spiro atoms. The van der Waals surface area contributed by atoms with Gasteiger partial charge in [-0.05, 0) is 25.1 Å². The second-order valence-electron chi connectivity index (χ2n) is 6.88. The summed E-state index contributed by atoms with van der Waals surface area (Å²) in [5.74, 6) is -2.30. The molecule has 0 saturated carbocycles. The first-order valence-corrected chi connectivity index (χ1v) is 9.56. The number of amides is 1. The van der Waals surface area contributed by atoms with Crippen molar-refractivity contribution >= 4 is 17.4 Å². The lowest BCUT2D eigenvalue weighted by atomic mass is 10.1. The fourth-order valence-corrected chi connectivity index (χ4v) is 2.81. The van der Waals surface area contributed by atoms with Crippen molar-refractivity contribution in [1.29, 1.82) is 0 Å². The van der Waals surface area contributed by atoms with Crippen LogP contribution in [0.15, 0.2) is 42.9 Å². The first-order chi connectivity index (χ1) is 15.6. The van der Waals surface area contributed by atoms with Gasteiger partial charge in [0, 0.05) is 18.9 Å². The van der Waals surface area contributed by atoms with Gasteiger partial charge in [-0.2, -0.15) is 13.2 Å². The van der Waals surface area contributed by atoms with Gasteiger partial charge in [0.15, 0.2) is 17.4 Å². The number of methoxy groups -OCH3 is 1. The lowest BCUT2D eigenvalue weighted by Gasteiger charge is -2.15. The van der Waals surface area contributed by atoms with Gasteiger partial charge in [0.1, 0.15) is 5.82 Å². The van der Waals surface area contributed by atoms with Crippen LogP contribution in [0.3, 0.4) is 0 Å². The Morgan fingerprint density at radius 2 is 2.00 bits per heavy atom. The molecular weight excluding hydrogens is 446 g/mol. The Morgan fingerprint density at radius 3 is 2.67 bits per heavy atom. The molecule has 1 atom stereocenters. The van der Waals surface area contributed by atoms with Gasteiger partial charge in [0.25, 0.3) is 5.91 Å². The molecule has 1 aromatic carbocycles. The SMILES string of the molecule is COc1cnc(-c2cccc(C(F)(F)F)c2F)nc1Nc1ccncc1C(=O)NCC(C)O. The first kappa shape index (κ1) is 23.9. The van der Waals surface area contributed by atoms with Crippen molar-refractivity contribution in [3.05, 3.63) is 59.8 Å². The summed E-state index contributed by atoms with van der Waals surface area (Å²) in [5, 5.41) is 14.8. The standard InChI is InChI=1S/C21H19F4N5O3/c1-11(31)8-28-20(32)13-9-26-7-6-15(13)29-19-16(33-2)10-27-18(30-19)12-4-3-5-14(17(12)22)21(23,24)25/h3-7,9-11,31H,8H2,1-2H3,(H,28,32)(H,26,27,29,30). The van der Waals surface area contributed by atoms with Gasteiger partial charge in [-0.1, -0.05) is 6.07 Å². The number of hydrogen-bond acceptors (Lipinski definition) is 7. The van der Waals surface area contributed by atoms with Gasteiger partial charge >= 0.3 is 6.18 Å². The van der Waals surface area contributed by atoms with Crippen LogP contribution in [0.1, 0.15) is 22.8 Å². The van der Waals surface area contributed by atoms with Gasteiger partial charge < -0.3 is 20.5 Å². The number of rotatable bonds is 7. The van der Waals surface area contributed by atoms with E-state index in [4.69, 9.17) is 4.74 Å². The van der Waals surface area contributed by atoms with Gasteiger partial charge in [-0.3, -0.25) is 9.78 Å². The number of aromatic nitrogens is 3. The predicted octanol–water partition coefficient (Wildman–Crippen LogP) is 3.56. The molecular formula is C21H19F4N5O3. The minimum atomic E-state index is -4.89. The summed E-state index contributed by atoms with van der Waals surface area (Å²) in [6.07, 6.45) is -1.82. The zero-order valence-electron chi connectivity index (χ0n) is 17.4. The van der Waals surface area contributed by atoms with E-state index in [2.05, 4.69) is 25.6 Å². The van der Waals surface area contributed by atoms with Crippen LogP contribution in [0, 0.1) is 5.82 Å². The lowest BCUT2D eigenvalue weighted by Crippen LogP contribution is -2.31. The Labute approximate surface area is 185 Å². The molecule has 1 unspecified atom stereocenters. The van der Waals surface area contributed by atoms with E-state index in [-0.39, 0.29) is 35.2 Å². The van der Waals surface area contributed by atoms with Crippen LogP contribution in [-0.2, 0) is 6.18 Å². The van der Waals surface area contributed by atoms with Crippen LogP contribution in [-0.4, -0.2) is 45.7 Å². The molecule has 0 fully saturated rings. The van der Waals surface area contributed by atoms with Crippen molar-refractivity contribution in [3.63, 3.8) is 0 Å². The van der Waals surface area contributed by atoms with Gasteiger partial charge in [0.2, 0.25) is 0 Å². The van der Waals surface area contributed by atoms with Crippen molar-refractivity contribution in [2.45, 2.75) is 19.2 Å². The Bertz CT molecular complexity index is 1150. The van der Waals surface area contributed by atoms with E-state index in [1.807, 2.05) is 0 Å². The molecule has 3 rings (SSSR count). The molecule has 0 radical (unpaired) electrons. The largest absolute Gasteiger partial charge is 0.491 e. The molecule has 8 nitrogen and oxygen atoms in total. The minimum absolute atomic E-state index is 0.00294. The van der Waals surface area contributed by atoms with Crippen molar-refractivity contribution in [2.75, 3.05) is 19.0 Å². The molecule has 0 aliphatic heterocycles. The second-order valence-corrected chi connectivity index (χ2v) is 6.88. The number of ether oxygens (including phenoxy) is 1. The van der Waals surface area contributed by atoms with E-state index in [0.29, 0.717) is 6.07 Å². The minimum Gasteiger partial charge on any atom is -0.491 e. The first-order valence-electron chi connectivity index (χ1n) is 9.56. The van der Waals surface area contributed by atoms with E-state index >= 15 is 0 Å². The Hall–Kier alpha value is -3.80. The number of aliphatic hydroxyl groups excluding tert-OH is 1. The number of nitrogens with one attached hydrogen (secondary N) is 2. The number of aliphatic hydroxyl groups is 1. The predicted molar refractivity (Wildman–Crippen MR) is 111 cm³/mol. The highest BCUT2D eigenvalue weighted by Gasteiger charge is 2.35. The highest BCUT2D eigenvalue weighted by Crippen LogP contribution is 2.36. The maximum atomic E-state index is 14.6. The van der Waals surface area contributed by atoms with Crippen molar-refractivity contribution < 1.29 is 32.2 Å². The molecule has 0 aliphatic rings. The monoisotopic (exact) mass is 465 g/mol. The van der Waals surface area contributed by atoms with Gasteiger partial charge in [0.05, 0.1) is 41.8 Å². The molecule has 0 aliphatic carbocycles. The molecule has 0 saturated heterocycles. The molecule has 3 N–H and O–H groups in total. The average Bonchev–Trinajstić information content (AvgIpc) is 2.77. The van der Waals surface area contributed by atoms with E-state index in [9.17, 15) is 27.5 Å². The number of nitrogens with zero attached hydrogens (tertiary/aromatic N) is 3. The normalized spacial score (nSPS) is 12.2. The average molecular weight is 465 g/mol. The third kappa shape index (κ3) is 5.52. The zero-order valence-corrected chi connectivity index (χ0v) is 17.4. The summed E-state index contributed by atoms with van der Waals surface area (Å²) in [6, 6.07) is 4.26. The van der Waals surface area contributed by atoms with Crippen LogP contribution in [0.4, 0.5) is 29.1 Å². The van der Waals surface area contributed by atoms with E-state index < -0.39 is 35.1 Å². The Balaban J connectivity index is 2.01. The second kappa shape index (κ2) is 9.77. The highest BCUT2D eigenvalue weighted by atomic mass is 19.4. The smallest absolute Gasteiger partial charge is 0.419 e. The number of carbonyl (C=O) groups excluding carboxylic acids is 1. The fourth-order valence-electron chi connectivity index (χ4n) is 2.81. The summed E-state index contributed by atoms with van der Waals surface area (Å²) < 4.78 is 59.0. The number of pyridine rings is 1. The third-order valence-electron chi connectivity index (χ3n) is 4.40. The molecule has 2 heterocycles. The molecule has 12 heteroatoms. The molecule has 1 amide bonds. The van der Waals surface area contributed by atoms with E-state index in [1.54, 1.807) is 0 Å². The number of alkyl halides is 3. The van der Waals surface area contributed by atoms with Crippen LogP contribution < -0.4 is 15.4 Å². The molecule has 2 aromatic heterocycles. The molecule has 3 aromatic rings. The summed E-state index contributed by atoms with van der Waals surface area (Å²) >= 11 is 0. The van der Waals surface area contributed by atoms with Crippen LogP contribution in [0.5, 0.6) is 5.75 Å². The Morgan fingerprint density at radius 1 is 1.24 bits per heavy atom. The summed E-state index contributed by atoms with van der Waals surface area (Å²) in [4.78, 5) is 24.4. The quantitative estimate of drug-likeness (QED) is 0.458. The fraction of sp³-hybridized carbons (Fsp3) is 0.238. The van der Waals surface area contributed by atoms with Crippen molar-refractivity contribution in [2.24, 2.45) is 0 Å². The van der Waals surface area contributed by atoms with E-state index in [1.165, 1.54) is 38.7 Å². The number of hydrogen-bond donors (Lipinski definition) is 3. The topological polar surface area (TPSA) is 109 Å². The van der Waals surface area contributed by atoms with Crippen LogP contribution in [0.2, 0.25) is 0 Å². The zero-order chi connectivity index (χ0) is 24.2. The number of benzene rings is 1. The highest BCUT2D eigenvalue weighted by molar-refractivity contribution is 6.00. The summed E-state index contributed by atoms with van der Waals surface area (Å²) in [6.45, 7) is 1.51. The summed E-state index contributed by atoms with van der Waals surface area (Å²) in [5.41, 5.74) is -1.56. The lowest BCUT2D eigenvalue weighted by molar-refractivity contribution is -0.139. The van der Waals surface area contributed by atoms with Crippen LogP contribution in [0.25, 0.3) is 11.4 Å². The summed E-state index contributed by atoms with van der Waals surface area (Å²) in [7, 11) is 1.32. The van der Waals surface area contributed by atoms with Crippen LogP contribution >= 0.6 is 0 Å². The maximum Gasteiger partial charge on any atom is 0.419 e. The number of anilines is 2. The molecule has 33 heavy (non-hydrogen) atoms. The van der Waals surface area contributed by atoms with Crippen molar-refractivity contribution in [1.82, 2.24) is 20.3 Å². The van der Waals surface area contributed by atoms with Gasteiger partial charge in [-0.25, -0.2) is 14.4 Å². The van der Waals surface area contributed by atoms with Crippen molar-refractivity contribution in [3.8, 4) is 17.1 Å². The molecule has 174 valence electrons. The van der Waals surface area contributed by atoms with Gasteiger partial charge in [-0.15, -0.1) is 0 Å². The third-order valence-corrected chi connectivity index (χ3v) is 4.40. The Kier molecular flexibility index (Phi) is 7.07. The number of halogens is 4.